The third-order valence-corrected chi connectivity index (χ3v) is 5.23. The predicted molar refractivity (Wildman–Crippen MR) is 103 cm³/mol. The molecule has 2 aliphatic rings. The largest absolute Gasteiger partial charge is 0.491 e. The lowest BCUT2D eigenvalue weighted by Gasteiger charge is -2.12. The van der Waals surface area contributed by atoms with E-state index >= 15 is 0 Å². The number of hydrogen-bond acceptors (Lipinski definition) is 4. The van der Waals surface area contributed by atoms with Gasteiger partial charge in [-0.25, -0.2) is 11.6 Å². The van der Waals surface area contributed by atoms with E-state index in [-0.39, 0.29) is 30.2 Å². The monoisotopic (exact) mass is 379 g/mol. The molecular formula is C20H21N5O3. The van der Waals surface area contributed by atoms with E-state index in [0.29, 0.717) is 37.7 Å². The molecule has 28 heavy (non-hydrogen) atoms. The molecular weight excluding hydrogens is 358 g/mol. The molecule has 1 fully saturated rings. The maximum Gasteiger partial charge on any atom is 0.250 e. The summed E-state index contributed by atoms with van der Waals surface area (Å²) in [4.78, 5) is 33.3. The summed E-state index contributed by atoms with van der Waals surface area (Å²) in [5.74, 6) is 1.36. The molecule has 8 heteroatoms. The molecule has 1 aromatic carbocycles. The van der Waals surface area contributed by atoms with Crippen LogP contribution in [0.4, 0.5) is 5.82 Å². The second kappa shape index (κ2) is 7.00. The summed E-state index contributed by atoms with van der Waals surface area (Å²) in [5, 5.41) is 0. The summed E-state index contributed by atoms with van der Waals surface area (Å²) in [7, 11) is 0. The zero-order chi connectivity index (χ0) is 19.8. The van der Waals surface area contributed by atoms with E-state index in [1.807, 2.05) is 29.0 Å². The Morgan fingerprint density at radius 2 is 2.32 bits per heavy atom. The molecule has 0 bridgehead atoms. The molecule has 0 saturated carbocycles. The van der Waals surface area contributed by atoms with E-state index < -0.39 is 0 Å². The Labute approximate surface area is 162 Å². The van der Waals surface area contributed by atoms with Crippen LogP contribution >= 0.6 is 0 Å². The number of amides is 2. The average molecular weight is 379 g/mol. The number of anilines is 1. The number of imidazole rings is 1. The summed E-state index contributed by atoms with van der Waals surface area (Å²) in [6.07, 6.45) is 2.64. The van der Waals surface area contributed by atoms with E-state index in [1.54, 1.807) is 11.8 Å². The van der Waals surface area contributed by atoms with Gasteiger partial charge in [-0.3, -0.25) is 14.5 Å². The second-order valence-corrected chi connectivity index (χ2v) is 7.29. The normalized spacial score (nSPS) is 19.2. The van der Waals surface area contributed by atoms with Crippen LogP contribution in [0.5, 0.6) is 5.75 Å². The van der Waals surface area contributed by atoms with Crippen LogP contribution in [0.25, 0.3) is 16.2 Å². The van der Waals surface area contributed by atoms with Crippen molar-refractivity contribution < 1.29 is 14.3 Å². The van der Waals surface area contributed by atoms with Gasteiger partial charge in [0.1, 0.15) is 31.1 Å². The van der Waals surface area contributed by atoms with Gasteiger partial charge in [-0.1, -0.05) is 13.0 Å². The molecule has 1 unspecified atom stereocenters. The number of hydrogen-bond donors (Lipinski definition) is 1. The molecule has 2 N–H and O–H groups in total. The molecule has 1 saturated heterocycles. The quantitative estimate of drug-likeness (QED) is 0.817. The Kier molecular flexibility index (Phi) is 4.51. The SMILES string of the molecule is [C-]#[N+]C1CC(=O)N(c2cn3c(n2)-c2ccc(C[C@@H](C)C(N)=O)cc2OCC3)C1. The molecule has 2 aromatic rings. The van der Waals surface area contributed by atoms with Crippen molar-refractivity contribution in [3.8, 4) is 17.1 Å². The maximum atomic E-state index is 12.2. The van der Waals surface area contributed by atoms with Crippen LogP contribution in [0, 0.1) is 12.5 Å². The van der Waals surface area contributed by atoms with Crippen molar-refractivity contribution >= 4 is 17.6 Å². The van der Waals surface area contributed by atoms with Crippen LogP contribution in [0.1, 0.15) is 18.9 Å². The van der Waals surface area contributed by atoms with Crippen molar-refractivity contribution in [3.05, 3.63) is 41.4 Å². The molecule has 0 radical (unpaired) electrons. The molecule has 2 amide bonds. The van der Waals surface area contributed by atoms with Gasteiger partial charge in [-0.05, 0) is 24.1 Å². The van der Waals surface area contributed by atoms with Crippen molar-refractivity contribution in [2.24, 2.45) is 11.7 Å². The zero-order valence-corrected chi connectivity index (χ0v) is 15.6. The number of nitrogens with zero attached hydrogens (tertiary/aromatic N) is 4. The first kappa shape index (κ1) is 18.0. The van der Waals surface area contributed by atoms with Crippen LogP contribution in [0.3, 0.4) is 0 Å². The predicted octanol–water partition coefficient (Wildman–Crippen LogP) is 1.63. The second-order valence-electron chi connectivity index (χ2n) is 7.29. The highest BCUT2D eigenvalue weighted by molar-refractivity contribution is 5.96. The number of carbonyl (C=O) groups is 2. The molecule has 0 spiro atoms. The summed E-state index contributed by atoms with van der Waals surface area (Å²) in [5.41, 5.74) is 7.18. The van der Waals surface area contributed by atoms with Crippen molar-refractivity contribution in [1.29, 1.82) is 0 Å². The fourth-order valence-electron chi connectivity index (χ4n) is 3.62. The minimum absolute atomic E-state index is 0.0680. The average Bonchev–Trinajstić information content (AvgIpc) is 3.21. The summed E-state index contributed by atoms with van der Waals surface area (Å²) in [6, 6.07) is 5.50. The standard InChI is InChI=1S/C20H21N5O3/c1-12(19(21)27)7-13-3-4-15-16(8-13)28-6-5-24-11-17(23-20(15)24)25-10-14(22-2)9-18(25)26/h3-4,8,11-12,14H,5-7,9-10H2,1H3,(H2,21,27)/t12-,14?/m1/s1. The topological polar surface area (TPSA) is 94.8 Å². The summed E-state index contributed by atoms with van der Waals surface area (Å²) >= 11 is 0. The van der Waals surface area contributed by atoms with E-state index in [0.717, 1.165) is 17.0 Å². The van der Waals surface area contributed by atoms with Crippen molar-refractivity contribution in [2.75, 3.05) is 18.1 Å². The first-order chi connectivity index (χ1) is 13.5. The van der Waals surface area contributed by atoms with E-state index in [9.17, 15) is 9.59 Å². The highest BCUT2D eigenvalue weighted by Gasteiger charge is 2.36. The Hall–Kier alpha value is -3.34. The maximum absolute atomic E-state index is 12.2. The van der Waals surface area contributed by atoms with E-state index in [2.05, 4.69) is 9.83 Å². The zero-order valence-electron chi connectivity index (χ0n) is 15.6. The number of aromatic nitrogens is 2. The van der Waals surface area contributed by atoms with Gasteiger partial charge in [-0.15, -0.1) is 0 Å². The number of ether oxygens (including phenoxy) is 1. The van der Waals surface area contributed by atoms with Crippen molar-refractivity contribution in [1.82, 2.24) is 9.55 Å². The number of nitrogens with two attached hydrogens (primary N) is 1. The molecule has 3 heterocycles. The van der Waals surface area contributed by atoms with Gasteiger partial charge in [0.25, 0.3) is 0 Å². The van der Waals surface area contributed by atoms with Gasteiger partial charge in [0.05, 0.1) is 12.1 Å². The lowest BCUT2D eigenvalue weighted by atomic mass is 9.99. The van der Waals surface area contributed by atoms with Gasteiger partial charge in [-0.2, -0.15) is 0 Å². The van der Waals surface area contributed by atoms with Gasteiger partial charge >= 0.3 is 0 Å². The Bertz CT molecular complexity index is 990. The van der Waals surface area contributed by atoms with Gasteiger partial charge in [0.2, 0.25) is 17.9 Å². The highest BCUT2D eigenvalue weighted by atomic mass is 16.5. The van der Waals surface area contributed by atoms with Crippen molar-refractivity contribution in [2.45, 2.75) is 32.4 Å². The third-order valence-electron chi connectivity index (χ3n) is 5.23. The van der Waals surface area contributed by atoms with Gasteiger partial charge in [0, 0.05) is 12.1 Å². The Balaban J connectivity index is 1.66. The Morgan fingerprint density at radius 3 is 3.04 bits per heavy atom. The highest BCUT2D eigenvalue weighted by Crippen LogP contribution is 2.35. The summed E-state index contributed by atoms with van der Waals surface area (Å²) < 4.78 is 7.87. The fraction of sp³-hybridized carbons (Fsp3) is 0.400. The number of primary amides is 1. The van der Waals surface area contributed by atoms with E-state index in [1.165, 1.54) is 0 Å². The third kappa shape index (κ3) is 3.20. The minimum Gasteiger partial charge on any atom is -0.491 e. The number of rotatable bonds is 4. The van der Waals surface area contributed by atoms with Crippen LogP contribution in [-0.4, -0.2) is 40.6 Å². The molecule has 0 aliphatic carbocycles. The summed E-state index contributed by atoms with van der Waals surface area (Å²) in [6.45, 7) is 10.4. The van der Waals surface area contributed by atoms with Crippen LogP contribution in [0.2, 0.25) is 0 Å². The fourth-order valence-corrected chi connectivity index (χ4v) is 3.62. The van der Waals surface area contributed by atoms with Gasteiger partial charge < -0.3 is 19.9 Å². The van der Waals surface area contributed by atoms with E-state index in [4.69, 9.17) is 17.0 Å². The number of fused-ring (bicyclic) bond motifs is 3. The first-order valence-electron chi connectivity index (χ1n) is 9.25. The molecule has 8 nitrogen and oxygen atoms in total. The number of carbonyl (C=O) groups excluding carboxylic acids is 2. The molecule has 2 aliphatic heterocycles. The first-order valence-corrected chi connectivity index (χ1v) is 9.25. The molecule has 4 rings (SSSR count). The van der Waals surface area contributed by atoms with Crippen LogP contribution in [-0.2, 0) is 22.6 Å². The van der Waals surface area contributed by atoms with Gasteiger partial charge in [0.15, 0.2) is 5.82 Å². The Morgan fingerprint density at radius 1 is 1.50 bits per heavy atom. The van der Waals surface area contributed by atoms with Crippen LogP contribution < -0.4 is 15.4 Å². The molecule has 144 valence electrons. The lowest BCUT2D eigenvalue weighted by molar-refractivity contribution is -0.121. The minimum atomic E-state index is -0.330. The number of benzene rings is 1. The van der Waals surface area contributed by atoms with Crippen molar-refractivity contribution in [3.63, 3.8) is 0 Å². The smallest absolute Gasteiger partial charge is 0.250 e. The molecule has 1 aromatic heterocycles. The van der Waals surface area contributed by atoms with Crippen LogP contribution in [0.15, 0.2) is 24.4 Å². The molecule has 2 atom stereocenters. The lowest BCUT2D eigenvalue weighted by Crippen LogP contribution is -2.25.